The Bertz CT molecular complexity index is 395. The highest BCUT2D eigenvalue weighted by Gasteiger charge is 2.16. The van der Waals surface area contributed by atoms with Gasteiger partial charge in [-0.05, 0) is 38.6 Å². The highest BCUT2D eigenvalue weighted by atomic mass is 16.5. The minimum Gasteiger partial charge on any atom is -0.466 e. The summed E-state index contributed by atoms with van der Waals surface area (Å²) < 4.78 is 5.15. The maximum atomic E-state index is 11.7. The first kappa shape index (κ1) is 32.4. The number of aliphatic hydroxyl groups excluding tert-OH is 2. The van der Waals surface area contributed by atoms with E-state index >= 15 is 0 Å². The average molecular weight is 472 g/mol. The number of carbonyl (C=O) groups is 1. The average Bonchev–Trinajstić information content (AvgIpc) is 2.79. The summed E-state index contributed by atoms with van der Waals surface area (Å²) in [6.45, 7) is 8.99. The second-order valence-corrected chi connectivity index (χ2v) is 9.86. The lowest BCUT2D eigenvalue weighted by Gasteiger charge is -2.27. The fourth-order valence-electron chi connectivity index (χ4n) is 4.25. The Morgan fingerprint density at radius 1 is 0.667 bits per heavy atom. The first-order chi connectivity index (χ1) is 16.0. The molecule has 0 saturated carbocycles. The van der Waals surface area contributed by atoms with Gasteiger partial charge in [0.05, 0.1) is 18.8 Å². The summed E-state index contributed by atoms with van der Waals surface area (Å²) in [5.41, 5.74) is 0. The summed E-state index contributed by atoms with van der Waals surface area (Å²) in [5, 5.41) is 21.2. The molecule has 0 fully saturated rings. The van der Waals surface area contributed by atoms with Gasteiger partial charge < -0.3 is 14.9 Å². The van der Waals surface area contributed by atoms with Crippen LogP contribution in [0.4, 0.5) is 0 Å². The van der Waals surface area contributed by atoms with Crippen LogP contribution in [0, 0.1) is 0 Å². The molecule has 0 rings (SSSR count). The van der Waals surface area contributed by atoms with E-state index in [1.54, 1.807) is 0 Å². The van der Waals surface area contributed by atoms with Crippen molar-refractivity contribution in [2.45, 2.75) is 149 Å². The van der Waals surface area contributed by atoms with Gasteiger partial charge in [0.1, 0.15) is 0 Å². The molecule has 2 atom stereocenters. The van der Waals surface area contributed by atoms with Crippen LogP contribution in [-0.2, 0) is 9.53 Å². The molecule has 0 aliphatic carbocycles. The van der Waals surface area contributed by atoms with Crippen molar-refractivity contribution in [1.29, 1.82) is 0 Å². The molecular formula is C28H57NO4. The van der Waals surface area contributed by atoms with Gasteiger partial charge >= 0.3 is 5.97 Å². The van der Waals surface area contributed by atoms with E-state index in [4.69, 9.17) is 4.74 Å². The molecule has 0 saturated heterocycles. The van der Waals surface area contributed by atoms with E-state index in [1.807, 2.05) is 6.92 Å². The van der Waals surface area contributed by atoms with Gasteiger partial charge in [-0.1, -0.05) is 97.8 Å². The van der Waals surface area contributed by atoms with Gasteiger partial charge in [0.2, 0.25) is 0 Å². The van der Waals surface area contributed by atoms with Gasteiger partial charge in [0.25, 0.3) is 0 Å². The molecule has 5 nitrogen and oxygen atoms in total. The lowest BCUT2D eigenvalue weighted by Crippen LogP contribution is -2.38. The van der Waals surface area contributed by atoms with E-state index in [0.29, 0.717) is 26.1 Å². The summed E-state index contributed by atoms with van der Waals surface area (Å²) >= 11 is 0. The number of aliphatic hydroxyl groups is 2. The van der Waals surface area contributed by atoms with Crippen molar-refractivity contribution in [1.82, 2.24) is 4.90 Å². The van der Waals surface area contributed by atoms with Crippen LogP contribution in [-0.4, -0.2) is 59.5 Å². The van der Waals surface area contributed by atoms with Gasteiger partial charge in [-0.2, -0.15) is 0 Å². The molecular weight excluding hydrogens is 414 g/mol. The highest BCUT2D eigenvalue weighted by molar-refractivity contribution is 5.69. The Morgan fingerprint density at radius 3 is 1.64 bits per heavy atom. The third-order valence-corrected chi connectivity index (χ3v) is 6.29. The Balaban J connectivity index is 4.31. The molecule has 0 heterocycles. The molecule has 198 valence electrons. The maximum absolute atomic E-state index is 11.7. The first-order valence-corrected chi connectivity index (χ1v) is 14.3. The van der Waals surface area contributed by atoms with Crippen LogP contribution in [0.5, 0.6) is 0 Å². The van der Waals surface area contributed by atoms with Crippen molar-refractivity contribution in [2.24, 2.45) is 0 Å². The molecule has 0 aromatic carbocycles. The van der Waals surface area contributed by atoms with E-state index in [0.717, 1.165) is 51.5 Å². The molecule has 0 aromatic rings. The van der Waals surface area contributed by atoms with Gasteiger partial charge in [0, 0.05) is 19.5 Å². The monoisotopic (exact) mass is 471 g/mol. The summed E-state index contributed by atoms with van der Waals surface area (Å²) in [6, 6.07) is 0. The minimum atomic E-state index is -0.341. The van der Waals surface area contributed by atoms with Crippen molar-refractivity contribution in [2.75, 3.05) is 26.2 Å². The third kappa shape index (κ3) is 22.9. The van der Waals surface area contributed by atoms with E-state index < -0.39 is 0 Å². The summed E-state index contributed by atoms with van der Waals surface area (Å²) in [7, 11) is 0. The number of hydrogen-bond donors (Lipinski definition) is 2. The zero-order chi connectivity index (χ0) is 24.6. The quantitative estimate of drug-likeness (QED) is 0.115. The zero-order valence-electron chi connectivity index (χ0n) is 22.4. The van der Waals surface area contributed by atoms with Crippen LogP contribution < -0.4 is 0 Å². The fraction of sp³-hybridized carbons (Fsp3) is 0.964. The SMILES string of the molecule is CCCCCCCCC(O)CN(CCCCC(=O)OCCC)CC(O)CCCCCCCC. The van der Waals surface area contributed by atoms with Crippen molar-refractivity contribution < 1.29 is 19.7 Å². The topological polar surface area (TPSA) is 70.0 Å². The molecule has 33 heavy (non-hydrogen) atoms. The predicted octanol–water partition coefficient (Wildman–Crippen LogP) is 6.63. The van der Waals surface area contributed by atoms with Crippen LogP contribution >= 0.6 is 0 Å². The number of esters is 1. The molecule has 2 N–H and O–H groups in total. The Labute approximate surface area is 205 Å². The number of rotatable bonds is 25. The van der Waals surface area contributed by atoms with Crippen LogP contribution in [0.3, 0.4) is 0 Å². The smallest absolute Gasteiger partial charge is 0.305 e. The summed E-state index contributed by atoms with van der Waals surface area (Å²) in [5.74, 6) is -0.116. The van der Waals surface area contributed by atoms with Gasteiger partial charge in [-0.3, -0.25) is 9.69 Å². The standard InChI is InChI=1S/C28H57NO4/c1-4-7-9-11-13-15-19-26(30)24-29(22-18-17-21-28(32)33-23-6-3)25-27(31)20-16-14-12-10-8-5-2/h26-27,30-31H,4-25H2,1-3H3. The fourth-order valence-corrected chi connectivity index (χ4v) is 4.25. The van der Waals surface area contributed by atoms with Gasteiger partial charge in [0.15, 0.2) is 0 Å². The van der Waals surface area contributed by atoms with Crippen molar-refractivity contribution in [3.05, 3.63) is 0 Å². The molecule has 2 unspecified atom stereocenters. The number of ether oxygens (including phenoxy) is 1. The highest BCUT2D eigenvalue weighted by Crippen LogP contribution is 2.13. The number of hydrogen-bond acceptors (Lipinski definition) is 5. The number of unbranched alkanes of at least 4 members (excludes halogenated alkanes) is 11. The van der Waals surface area contributed by atoms with E-state index in [2.05, 4.69) is 18.7 Å². The van der Waals surface area contributed by atoms with Crippen molar-refractivity contribution in [3.8, 4) is 0 Å². The van der Waals surface area contributed by atoms with E-state index in [-0.39, 0.29) is 18.2 Å². The Hall–Kier alpha value is -0.650. The molecule has 0 radical (unpaired) electrons. The first-order valence-electron chi connectivity index (χ1n) is 14.3. The third-order valence-electron chi connectivity index (χ3n) is 6.29. The molecule has 0 spiro atoms. The number of carbonyl (C=O) groups excluding carboxylic acids is 1. The van der Waals surface area contributed by atoms with Crippen LogP contribution in [0.1, 0.15) is 136 Å². The minimum absolute atomic E-state index is 0.116. The summed E-state index contributed by atoms with van der Waals surface area (Å²) in [4.78, 5) is 13.9. The van der Waals surface area contributed by atoms with Gasteiger partial charge in [-0.25, -0.2) is 0 Å². The van der Waals surface area contributed by atoms with E-state index in [9.17, 15) is 15.0 Å². The molecule has 0 aromatic heterocycles. The number of nitrogens with zero attached hydrogens (tertiary/aromatic N) is 1. The zero-order valence-corrected chi connectivity index (χ0v) is 22.4. The summed E-state index contributed by atoms with van der Waals surface area (Å²) in [6.07, 6.45) is 18.7. The Kier molecular flexibility index (Phi) is 24.0. The second-order valence-electron chi connectivity index (χ2n) is 9.86. The van der Waals surface area contributed by atoms with E-state index in [1.165, 1.54) is 64.2 Å². The lowest BCUT2D eigenvalue weighted by molar-refractivity contribution is -0.143. The maximum Gasteiger partial charge on any atom is 0.305 e. The van der Waals surface area contributed by atoms with Gasteiger partial charge in [-0.15, -0.1) is 0 Å². The normalized spacial score (nSPS) is 13.4. The molecule has 0 amide bonds. The van der Waals surface area contributed by atoms with Crippen LogP contribution in [0.25, 0.3) is 0 Å². The predicted molar refractivity (Wildman–Crippen MR) is 140 cm³/mol. The largest absolute Gasteiger partial charge is 0.466 e. The molecule has 5 heteroatoms. The van der Waals surface area contributed by atoms with Crippen LogP contribution in [0.2, 0.25) is 0 Å². The van der Waals surface area contributed by atoms with Crippen molar-refractivity contribution in [3.63, 3.8) is 0 Å². The lowest BCUT2D eigenvalue weighted by atomic mass is 10.1. The van der Waals surface area contributed by atoms with Crippen molar-refractivity contribution >= 4 is 5.97 Å². The molecule has 0 bridgehead atoms. The second kappa shape index (κ2) is 24.5. The molecule has 0 aliphatic rings. The molecule has 0 aliphatic heterocycles. The Morgan fingerprint density at radius 2 is 1.15 bits per heavy atom. The van der Waals surface area contributed by atoms with Crippen LogP contribution in [0.15, 0.2) is 0 Å².